The van der Waals surface area contributed by atoms with Gasteiger partial charge in [0.15, 0.2) is 0 Å². The normalized spacial score (nSPS) is 19.8. The van der Waals surface area contributed by atoms with Crippen molar-refractivity contribution in [2.75, 3.05) is 19.3 Å². The van der Waals surface area contributed by atoms with E-state index >= 15 is 0 Å². The number of thioether (sulfide) groups is 1. The molecular weight excluding hydrogens is 237 g/mol. The van der Waals surface area contributed by atoms with Gasteiger partial charge in [0.05, 0.1) is 0 Å². The summed E-state index contributed by atoms with van der Waals surface area (Å²) in [6.07, 6.45) is 3.05. The Balaban J connectivity index is 1.80. The van der Waals surface area contributed by atoms with Crippen LogP contribution < -0.4 is 10.1 Å². The first kappa shape index (κ1) is 12.7. The van der Waals surface area contributed by atoms with Crippen LogP contribution in [0.1, 0.15) is 12.5 Å². The van der Waals surface area contributed by atoms with Gasteiger partial charge in [-0.25, -0.2) is 4.39 Å². The zero-order chi connectivity index (χ0) is 12.3. The lowest BCUT2D eigenvalue weighted by molar-refractivity contribution is 0.228. The number of fused-ring (bicyclic) bond motifs is 1. The SMILES string of the molecule is CSC(C)CNCC1Cc2cc(F)ccc2O1. The molecule has 1 aromatic rings. The van der Waals surface area contributed by atoms with Gasteiger partial charge in [0.1, 0.15) is 17.7 Å². The first-order valence-electron chi connectivity index (χ1n) is 5.87. The summed E-state index contributed by atoms with van der Waals surface area (Å²) < 4.78 is 18.8. The minimum absolute atomic E-state index is 0.140. The number of ether oxygens (including phenoxy) is 1. The second-order valence-corrected chi connectivity index (χ2v) is 5.68. The van der Waals surface area contributed by atoms with Crippen LogP contribution in [0.25, 0.3) is 0 Å². The van der Waals surface area contributed by atoms with Gasteiger partial charge in [-0.2, -0.15) is 11.8 Å². The molecule has 0 amide bonds. The van der Waals surface area contributed by atoms with E-state index in [0.717, 1.165) is 30.8 Å². The molecule has 1 aromatic carbocycles. The zero-order valence-corrected chi connectivity index (χ0v) is 11.0. The van der Waals surface area contributed by atoms with Gasteiger partial charge in [-0.1, -0.05) is 6.92 Å². The molecule has 0 radical (unpaired) electrons. The number of nitrogens with one attached hydrogen (secondary N) is 1. The Morgan fingerprint density at radius 1 is 1.59 bits per heavy atom. The highest BCUT2D eigenvalue weighted by atomic mass is 32.2. The highest BCUT2D eigenvalue weighted by molar-refractivity contribution is 7.99. The fourth-order valence-electron chi connectivity index (χ4n) is 1.93. The molecule has 2 rings (SSSR count). The fourth-order valence-corrected chi connectivity index (χ4v) is 2.22. The van der Waals surface area contributed by atoms with Crippen molar-refractivity contribution in [2.24, 2.45) is 0 Å². The minimum Gasteiger partial charge on any atom is -0.488 e. The van der Waals surface area contributed by atoms with Crippen molar-refractivity contribution in [3.63, 3.8) is 0 Å². The predicted molar refractivity (Wildman–Crippen MR) is 70.4 cm³/mol. The summed E-state index contributed by atoms with van der Waals surface area (Å²) in [4.78, 5) is 0. The van der Waals surface area contributed by atoms with Gasteiger partial charge in [0.2, 0.25) is 0 Å². The van der Waals surface area contributed by atoms with Gasteiger partial charge in [-0.05, 0) is 24.5 Å². The lowest BCUT2D eigenvalue weighted by Gasteiger charge is -2.14. The molecule has 2 unspecified atom stereocenters. The van der Waals surface area contributed by atoms with Gasteiger partial charge < -0.3 is 10.1 Å². The Bertz CT molecular complexity index is 386. The van der Waals surface area contributed by atoms with E-state index in [0.29, 0.717) is 5.25 Å². The molecule has 17 heavy (non-hydrogen) atoms. The smallest absolute Gasteiger partial charge is 0.123 e. The predicted octanol–water partition coefficient (Wildman–Crippen LogP) is 2.47. The second kappa shape index (κ2) is 5.74. The van der Waals surface area contributed by atoms with Crippen LogP contribution in [0.3, 0.4) is 0 Å². The lowest BCUT2D eigenvalue weighted by atomic mass is 10.1. The van der Waals surface area contributed by atoms with Gasteiger partial charge in [-0.3, -0.25) is 0 Å². The van der Waals surface area contributed by atoms with E-state index in [9.17, 15) is 4.39 Å². The van der Waals surface area contributed by atoms with Gasteiger partial charge in [0.25, 0.3) is 0 Å². The minimum atomic E-state index is -0.183. The summed E-state index contributed by atoms with van der Waals surface area (Å²) in [7, 11) is 0. The summed E-state index contributed by atoms with van der Waals surface area (Å²) >= 11 is 1.84. The number of hydrogen-bond acceptors (Lipinski definition) is 3. The third kappa shape index (κ3) is 3.36. The van der Waals surface area contributed by atoms with Crippen molar-refractivity contribution in [1.82, 2.24) is 5.32 Å². The summed E-state index contributed by atoms with van der Waals surface area (Å²) in [5, 5.41) is 4.00. The van der Waals surface area contributed by atoms with Crippen LogP contribution >= 0.6 is 11.8 Å². The Kier molecular flexibility index (Phi) is 4.29. The summed E-state index contributed by atoms with van der Waals surface area (Å²) in [6, 6.07) is 4.74. The Hall–Kier alpha value is -0.740. The van der Waals surface area contributed by atoms with Crippen LogP contribution in [0.2, 0.25) is 0 Å². The van der Waals surface area contributed by atoms with Crippen molar-refractivity contribution in [3.05, 3.63) is 29.6 Å². The van der Waals surface area contributed by atoms with Crippen molar-refractivity contribution < 1.29 is 9.13 Å². The zero-order valence-electron chi connectivity index (χ0n) is 10.2. The number of rotatable bonds is 5. The average Bonchev–Trinajstić information content (AvgIpc) is 2.70. The van der Waals surface area contributed by atoms with Crippen LogP contribution in [0, 0.1) is 5.82 Å². The molecule has 1 heterocycles. The Morgan fingerprint density at radius 3 is 3.18 bits per heavy atom. The van der Waals surface area contributed by atoms with E-state index in [1.165, 1.54) is 6.07 Å². The molecule has 0 aliphatic carbocycles. The first-order valence-corrected chi connectivity index (χ1v) is 7.16. The highest BCUT2D eigenvalue weighted by Crippen LogP contribution is 2.28. The van der Waals surface area contributed by atoms with Crippen LogP contribution in [-0.4, -0.2) is 30.7 Å². The topological polar surface area (TPSA) is 21.3 Å². The van der Waals surface area contributed by atoms with E-state index in [1.54, 1.807) is 12.1 Å². The maximum atomic E-state index is 13.0. The van der Waals surface area contributed by atoms with E-state index in [2.05, 4.69) is 18.5 Å². The van der Waals surface area contributed by atoms with Crippen molar-refractivity contribution >= 4 is 11.8 Å². The van der Waals surface area contributed by atoms with E-state index in [4.69, 9.17) is 4.74 Å². The Morgan fingerprint density at radius 2 is 2.41 bits per heavy atom. The third-order valence-electron chi connectivity index (χ3n) is 2.97. The molecule has 1 N–H and O–H groups in total. The second-order valence-electron chi connectivity index (χ2n) is 4.40. The molecule has 0 fully saturated rings. The average molecular weight is 255 g/mol. The molecule has 0 bridgehead atoms. The maximum absolute atomic E-state index is 13.0. The maximum Gasteiger partial charge on any atom is 0.123 e. The summed E-state index contributed by atoms with van der Waals surface area (Å²) in [6.45, 7) is 3.99. The van der Waals surface area contributed by atoms with E-state index in [-0.39, 0.29) is 11.9 Å². The lowest BCUT2D eigenvalue weighted by Crippen LogP contribution is -2.33. The molecule has 0 saturated carbocycles. The Labute approximate surface area is 106 Å². The van der Waals surface area contributed by atoms with Crippen LogP contribution in [0.15, 0.2) is 18.2 Å². The molecule has 0 spiro atoms. The first-order chi connectivity index (χ1) is 8.19. The number of benzene rings is 1. The third-order valence-corrected chi connectivity index (χ3v) is 3.94. The summed E-state index contributed by atoms with van der Waals surface area (Å²) in [5.41, 5.74) is 0.981. The van der Waals surface area contributed by atoms with Crippen molar-refractivity contribution in [3.8, 4) is 5.75 Å². The molecule has 0 aromatic heterocycles. The fraction of sp³-hybridized carbons (Fsp3) is 0.538. The molecular formula is C13H18FNOS. The summed E-state index contributed by atoms with van der Waals surface area (Å²) in [5.74, 6) is 0.646. The number of halogens is 1. The molecule has 2 nitrogen and oxygen atoms in total. The largest absolute Gasteiger partial charge is 0.488 e. The van der Waals surface area contributed by atoms with E-state index < -0.39 is 0 Å². The highest BCUT2D eigenvalue weighted by Gasteiger charge is 2.22. The molecule has 94 valence electrons. The molecule has 2 atom stereocenters. The molecule has 4 heteroatoms. The van der Waals surface area contributed by atoms with Crippen LogP contribution in [0.4, 0.5) is 4.39 Å². The van der Waals surface area contributed by atoms with Crippen molar-refractivity contribution in [2.45, 2.75) is 24.7 Å². The van der Waals surface area contributed by atoms with Crippen LogP contribution in [0.5, 0.6) is 5.75 Å². The van der Waals surface area contributed by atoms with Gasteiger partial charge >= 0.3 is 0 Å². The standard InChI is InChI=1S/C13H18FNOS/c1-9(17-2)7-15-8-12-6-10-5-11(14)3-4-13(10)16-12/h3-5,9,12,15H,6-8H2,1-2H3. The monoisotopic (exact) mass is 255 g/mol. The van der Waals surface area contributed by atoms with Gasteiger partial charge in [0, 0.05) is 30.3 Å². The van der Waals surface area contributed by atoms with Gasteiger partial charge in [-0.15, -0.1) is 0 Å². The molecule has 1 aliphatic rings. The van der Waals surface area contributed by atoms with Crippen LogP contribution in [-0.2, 0) is 6.42 Å². The quantitative estimate of drug-likeness (QED) is 0.873. The number of hydrogen-bond donors (Lipinski definition) is 1. The van der Waals surface area contributed by atoms with E-state index in [1.807, 2.05) is 11.8 Å². The van der Waals surface area contributed by atoms with Crippen molar-refractivity contribution in [1.29, 1.82) is 0 Å². The molecule has 0 saturated heterocycles. The molecule has 1 aliphatic heterocycles.